The van der Waals surface area contributed by atoms with Crippen LogP contribution in [0.25, 0.3) is 0 Å². The Bertz CT molecular complexity index is 492. The minimum atomic E-state index is -3.20. The summed E-state index contributed by atoms with van der Waals surface area (Å²) in [6.07, 6.45) is 7.24. The molecule has 19 heavy (non-hydrogen) atoms. The van der Waals surface area contributed by atoms with Gasteiger partial charge in [-0.2, -0.15) is 0 Å². The Morgan fingerprint density at radius 2 is 2.16 bits per heavy atom. The molecule has 1 fully saturated rings. The van der Waals surface area contributed by atoms with Crippen LogP contribution in [0.5, 0.6) is 0 Å². The topological polar surface area (TPSA) is 76.9 Å². The Morgan fingerprint density at radius 1 is 1.42 bits per heavy atom. The van der Waals surface area contributed by atoms with Crippen molar-refractivity contribution in [1.29, 1.82) is 0 Å². The highest BCUT2D eigenvalue weighted by molar-refractivity contribution is 7.89. The van der Waals surface area contributed by atoms with Gasteiger partial charge in [0, 0.05) is 6.54 Å². The Kier molecular flexibility index (Phi) is 4.93. The molecule has 108 valence electrons. The molecule has 1 aliphatic carbocycles. The van der Waals surface area contributed by atoms with Gasteiger partial charge in [-0.05, 0) is 19.3 Å². The van der Waals surface area contributed by atoms with Crippen molar-refractivity contribution in [2.75, 3.05) is 5.75 Å². The van der Waals surface area contributed by atoms with E-state index in [0.717, 1.165) is 13.0 Å². The molecule has 0 spiro atoms. The van der Waals surface area contributed by atoms with Gasteiger partial charge in [0.05, 0.1) is 12.3 Å². The summed E-state index contributed by atoms with van der Waals surface area (Å²) in [5, 5.41) is 7.69. The fourth-order valence-electron chi connectivity index (χ4n) is 2.55. The quantitative estimate of drug-likeness (QED) is 0.819. The maximum Gasteiger partial charge on any atom is 0.212 e. The van der Waals surface area contributed by atoms with Crippen LogP contribution in [0.2, 0.25) is 0 Å². The number of hydrogen-bond donors (Lipinski definition) is 1. The van der Waals surface area contributed by atoms with Gasteiger partial charge in [0.2, 0.25) is 10.0 Å². The molecule has 1 N–H and O–H groups in total. The molecule has 0 unspecified atom stereocenters. The van der Waals surface area contributed by atoms with Crippen molar-refractivity contribution in [2.24, 2.45) is 5.92 Å². The predicted molar refractivity (Wildman–Crippen MR) is 72.9 cm³/mol. The maximum absolute atomic E-state index is 11.9. The lowest BCUT2D eigenvalue weighted by atomic mass is 10.1. The van der Waals surface area contributed by atoms with Gasteiger partial charge >= 0.3 is 0 Å². The Morgan fingerprint density at radius 3 is 2.84 bits per heavy atom. The Balaban J connectivity index is 1.80. The van der Waals surface area contributed by atoms with E-state index in [0.29, 0.717) is 11.7 Å². The summed E-state index contributed by atoms with van der Waals surface area (Å²) in [7, 11) is -3.20. The number of rotatable bonds is 7. The van der Waals surface area contributed by atoms with Crippen molar-refractivity contribution < 1.29 is 8.42 Å². The molecular weight excluding hydrogens is 264 g/mol. The van der Waals surface area contributed by atoms with E-state index in [-0.39, 0.29) is 12.3 Å². The van der Waals surface area contributed by atoms with Crippen molar-refractivity contribution in [3.05, 3.63) is 12.2 Å². The second-order valence-electron chi connectivity index (χ2n) is 5.11. The number of aryl methyl sites for hydroxylation is 1. The third-order valence-electron chi connectivity index (χ3n) is 3.76. The van der Waals surface area contributed by atoms with Gasteiger partial charge in [0.25, 0.3) is 0 Å². The van der Waals surface area contributed by atoms with Crippen molar-refractivity contribution in [1.82, 2.24) is 19.5 Å². The van der Waals surface area contributed by atoms with Crippen molar-refractivity contribution in [3.8, 4) is 0 Å². The zero-order chi connectivity index (χ0) is 13.7. The Labute approximate surface area is 114 Å². The first-order valence-electron chi connectivity index (χ1n) is 6.94. The number of sulfonamides is 1. The normalized spacial score (nSPS) is 17.1. The van der Waals surface area contributed by atoms with Gasteiger partial charge in [-0.15, -0.1) is 10.2 Å². The molecule has 0 saturated heterocycles. The lowest BCUT2D eigenvalue weighted by Gasteiger charge is -2.10. The lowest BCUT2D eigenvalue weighted by Crippen LogP contribution is -2.28. The van der Waals surface area contributed by atoms with E-state index in [1.807, 2.05) is 11.5 Å². The largest absolute Gasteiger partial charge is 0.317 e. The fourth-order valence-corrected chi connectivity index (χ4v) is 3.68. The predicted octanol–water partition coefficient (Wildman–Crippen LogP) is 1.30. The van der Waals surface area contributed by atoms with Crippen molar-refractivity contribution in [2.45, 2.75) is 52.1 Å². The van der Waals surface area contributed by atoms with E-state index in [1.165, 1.54) is 25.7 Å². The molecule has 0 amide bonds. The van der Waals surface area contributed by atoms with Gasteiger partial charge in [-0.3, -0.25) is 0 Å². The third-order valence-corrected chi connectivity index (χ3v) is 5.11. The molecule has 0 aliphatic heterocycles. The zero-order valence-electron chi connectivity index (χ0n) is 11.4. The summed E-state index contributed by atoms with van der Waals surface area (Å²) >= 11 is 0. The van der Waals surface area contributed by atoms with Crippen LogP contribution in [0, 0.1) is 5.92 Å². The molecule has 7 heteroatoms. The summed E-state index contributed by atoms with van der Waals surface area (Å²) in [6.45, 7) is 2.94. The first-order chi connectivity index (χ1) is 9.11. The van der Waals surface area contributed by atoms with Gasteiger partial charge < -0.3 is 4.57 Å². The van der Waals surface area contributed by atoms with Gasteiger partial charge in [-0.1, -0.05) is 25.7 Å². The van der Waals surface area contributed by atoms with Crippen LogP contribution in [0.15, 0.2) is 6.33 Å². The molecule has 6 nitrogen and oxygen atoms in total. The van der Waals surface area contributed by atoms with E-state index in [2.05, 4.69) is 14.9 Å². The molecule has 2 rings (SSSR count). The second kappa shape index (κ2) is 6.47. The maximum atomic E-state index is 11.9. The lowest BCUT2D eigenvalue weighted by molar-refractivity contribution is 0.516. The van der Waals surface area contributed by atoms with Gasteiger partial charge in [0.1, 0.15) is 12.2 Å². The van der Waals surface area contributed by atoms with E-state index >= 15 is 0 Å². The minimum Gasteiger partial charge on any atom is -0.317 e. The van der Waals surface area contributed by atoms with Gasteiger partial charge in [0.15, 0.2) is 0 Å². The van der Waals surface area contributed by atoms with Crippen LogP contribution in [-0.2, 0) is 23.1 Å². The first-order valence-corrected chi connectivity index (χ1v) is 8.60. The van der Waals surface area contributed by atoms with E-state index in [4.69, 9.17) is 0 Å². The smallest absolute Gasteiger partial charge is 0.212 e. The minimum absolute atomic E-state index is 0.220. The highest BCUT2D eigenvalue weighted by Gasteiger charge is 2.19. The van der Waals surface area contributed by atoms with Crippen LogP contribution >= 0.6 is 0 Å². The summed E-state index contributed by atoms with van der Waals surface area (Å²) < 4.78 is 28.3. The average Bonchev–Trinajstić information content (AvgIpc) is 3.05. The van der Waals surface area contributed by atoms with Crippen LogP contribution in [-0.4, -0.2) is 28.9 Å². The van der Waals surface area contributed by atoms with Crippen LogP contribution in [0.1, 0.15) is 44.9 Å². The number of hydrogen-bond acceptors (Lipinski definition) is 4. The molecule has 1 aromatic heterocycles. The highest BCUT2D eigenvalue weighted by Crippen LogP contribution is 2.27. The van der Waals surface area contributed by atoms with Crippen LogP contribution in [0.4, 0.5) is 0 Å². The monoisotopic (exact) mass is 286 g/mol. The van der Waals surface area contributed by atoms with E-state index < -0.39 is 10.0 Å². The van der Waals surface area contributed by atoms with Crippen LogP contribution < -0.4 is 4.72 Å². The highest BCUT2D eigenvalue weighted by atomic mass is 32.2. The summed E-state index contributed by atoms with van der Waals surface area (Å²) in [4.78, 5) is 0. The van der Waals surface area contributed by atoms with E-state index in [1.54, 1.807) is 6.33 Å². The SMILES string of the molecule is CCn1cnnc1CNS(=O)(=O)CCC1CCCC1. The molecule has 0 bridgehead atoms. The Hall–Kier alpha value is -0.950. The average molecular weight is 286 g/mol. The van der Waals surface area contributed by atoms with Crippen molar-refractivity contribution in [3.63, 3.8) is 0 Å². The summed E-state index contributed by atoms with van der Waals surface area (Å²) in [5.74, 6) is 1.47. The molecule has 1 heterocycles. The van der Waals surface area contributed by atoms with E-state index in [9.17, 15) is 8.42 Å². The standard InChI is InChI=1S/C12H22N4O2S/c1-2-16-10-13-15-12(16)9-14-19(17,18)8-7-11-5-3-4-6-11/h10-11,14H,2-9H2,1H3. The molecule has 0 atom stereocenters. The fraction of sp³-hybridized carbons (Fsp3) is 0.833. The number of aromatic nitrogens is 3. The third kappa shape index (κ3) is 4.28. The summed E-state index contributed by atoms with van der Waals surface area (Å²) in [6, 6.07) is 0. The first kappa shape index (κ1) is 14.5. The molecule has 1 aromatic rings. The molecule has 0 aromatic carbocycles. The zero-order valence-corrected chi connectivity index (χ0v) is 12.2. The number of nitrogens with zero attached hydrogens (tertiary/aromatic N) is 3. The van der Waals surface area contributed by atoms with Crippen molar-refractivity contribution >= 4 is 10.0 Å². The molecular formula is C12H22N4O2S. The van der Waals surface area contributed by atoms with Gasteiger partial charge in [-0.25, -0.2) is 13.1 Å². The second-order valence-corrected chi connectivity index (χ2v) is 7.04. The summed E-state index contributed by atoms with van der Waals surface area (Å²) in [5.41, 5.74) is 0. The number of nitrogens with one attached hydrogen (secondary N) is 1. The van der Waals surface area contributed by atoms with Crippen LogP contribution in [0.3, 0.4) is 0 Å². The molecule has 0 radical (unpaired) electrons. The molecule has 1 saturated carbocycles. The molecule has 1 aliphatic rings.